The molecule has 0 aliphatic carbocycles. The van der Waals surface area contributed by atoms with Gasteiger partial charge in [0.1, 0.15) is 10.7 Å². The van der Waals surface area contributed by atoms with Crippen molar-refractivity contribution in [2.24, 2.45) is 5.73 Å². The van der Waals surface area contributed by atoms with Gasteiger partial charge in [-0.1, -0.05) is 13.3 Å². The zero-order valence-corrected chi connectivity index (χ0v) is 12.7. The fraction of sp³-hybridized carbons (Fsp3) is 0.538. The van der Waals surface area contributed by atoms with Crippen LogP contribution in [0.1, 0.15) is 25.3 Å². The van der Waals surface area contributed by atoms with Crippen LogP contribution in [0.25, 0.3) is 0 Å². The van der Waals surface area contributed by atoms with Crippen molar-refractivity contribution in [1.82, 2.24) is 4.72 Å². The molecular weight excluding hydrogens is 302 g/mol. The molecular formula is C13H20F2N2O3S. The molecule has 8 heteroatoms. The van der Waals surface area contributed by atoms with Crippen LogP contribution in [0.15, 0.2) is 17.0 Å². The Hall–Kier alpha value is -1.09. The Labute approximate surface area is 123 Å². The van der Waals surface area contributed by atoms with Crippen molar-refractivity contribution in [3.63, 3.8) is 0 Å². The molecule has 120 valence electrons. The molecule has 5 nitrogen and oxygen atoms in total. The lowest BCUT2D eigenvalue weighted by Gasteiger charge is -2.10. The SMILES string of the molecule is CCCCOCCNS(=O)(=O)c1ccc(F)c(CN)c1F. The van der Waals surface area contributed by atoms with E-state index in [1.807, 2.05) is 6.92 Å². The van der Waals surface area contributed by atoms with Crippen molar-refractivity contribution in [2.75, 3.05) is 19.8 Å². The van der Waals surface area contributed by atoms with Gasteiger partial charge in [-0.25, -0.2) is 21.9 Å². The van der Waals surface area contributed by atoms with Crippen LogP contribution in [0, 0.1) is 11.6 Å². The van der Waals surface area contributed by atoms with E-state index in [9.17, 15) is 17.2 Å². The van der Waals surface area contributed by atoms with Gasteiger partial charge in [0.05, 0.1) is 6.61 Å². The highest BCUT2D eigenvalue weighted by atomic mass is 32.2. The van der Waals surface area contributed by atoms with Crippen LogP contribution in [0.2, 0.25) is 0 Å². The third-order valence-corrected chi connectivity index (χ3v) is 4.30. The maximum atomic E-state index is 13.9. The molecule has 1 rings (SSSR count). The van der Waals surface area contributed by atoms with Crippen LogP contribution in [0.4, 0.5) is 8.78 Å². The maximum Gasteiger partial charge on any atom is 0.243 e. The summed E-state index contributed by atoms with van der Waals surface area (Å²) < 4.78 is 58.5. The first-order chi connectivity index (χ1) is 9.94. The second-order valence-electron chi connectivity index (χ2n) is 4.41. The molecule has 0 atom stereocenters. The lowest BCUT2D eigenvalue weighted by atomic mass is 10.2. The monoisotopic (exact) mass is 322 g/mol. The molecule has 0 aliphatic heterocycles. The van der Waals surface area contributed by atoms with Gasteiger partial charge in [-0.15, -0.1) is 0 Å². The third kappa shape index (κ3) is 4.99. The van der Waals surface area contributed by atoms with E-state index in [-0.39, 0.29) is 13.2 Å². The predicted octanol–water partition coefficient (Wildman–Crippen LogP) is 1.52. The Balaban J connectivity index is 2.71. The summed E-state index contributed by atoms with van der Waals surface area (Å²) in [4.78, 5) is -0.613. The lowest BCUT2D eigenvalue weighted by Crippen LogP contribution is -2.28. The standard InChI is InChI=1S/C13H20F2N2O3S/c1-2-3-7-20-8-6-17-21(18,19)12-5-4-11(14)10(9-16)13(12)15/h4-5,17H,2-3,6-9,16H2,1H3. The summed E-state index contributed by atoms with van der Waals surface area (Å²) in [5, 5.41) is 0. The molecule has 21 heavy (non-hydrogen) atoms. The number of ether oxygens (including phenoxy) is 1. The van der Waals surface area contributed by atoms with Crippen molar-refractivity contribution in [2.45, 2.75) is 31.2 Å². The number of nitrogens with one attached hydrogen (secondary N) is 1. The third-order valence-electron chi connectivity index (χ3n) is 2.82. The topological polar surface area (TPSA) is 81.4 Å². The Morgan fingerprint density at radius 2 is 2.00 bits per heavy atom. The molecule has 0 spiro atoms. The minimum absolute atomic E-state index is 0.0147. The van der Waals surface area contributed by atoms with Gasteiger partial charge in [0.25, 0.3) is 0 Å². The van der Waals surface area contributed by atoms with Crippen LogP contribution >= 0.6 is 0 Å². The molecule has 0 bridgehead atoms. The molecule has 0 heterocycles. The van der Waals surface area contributed by atoms with Gasteiger partial charge in [-0.2, -0.15) is 0 Å². The molecule has 0 saturated heterocycles. The van der Waals surface area contributed by atoms with E-state index in [0.29, 0.717) is 6.61 Å². The predicted molar refractivity (Wildman–Crippen MR) is 75.2 cm³/mol. The molecule has 3 N–H and O–H groups in total. The molecule has 0 radical (unpaired) electrons. The van der Waals surface area contributed by atoms with Crippen LogP contribution in [0.5, 0.6) is 0 Å². The van der Waals surface area contributed by atoms with Gasteiger partial charge in [-0.3, -0.25) is 0 Å². The minimum Gasteiger partial charge on any atom is -0.380 e. The van der Waals surface area contributed by atoms with E-state index < -0.39 is 38.7 Å². The molecule has 0 aromatic heterocycles. The van der Waals surface area contributed by atoms with Gasteiger partial charge in [0.2, 0.25) is 10.0 Å². The van der Waals surface area contributed by atoms with E-state index in [4.69, 9.17) is 10.5 Å². The number of hydrogen-bond acceptors (Lipinski definition) is 4. The fourth-order valence-corrected chi connectivity index (χ4v) is 2.76. The molecule has 1 aromatic rings. The number of benzene rings is 1. The van der Waals surface area contributed by atoms with Crippen molar-refractivity contribution in [3.05, 3.63) is 29.3 Å². The summed E-state index contributed by atoms with van der Waals surface area (Å²) >= 11 is 0. The minimum atomic E-state index is -4.06. The zero-order chi connectivity index (χ0) is 15.9. The van der Waals surface area contributed by atoms with E-state index in [2.05, 4.69) is 4.72 Å². The lowest BCUT2D eigenvalue weighted by molar-refractivity contribution is 0.136. The Kier molecular flexibility index (Phi) is 7.16. The van der Waals surface area contributed by atoms with Gasteiger partial charge < -0.3 is 10.5 Å². The van der Waals surface area contributed by atoms with Crippen molar-refractivity contribution in [1.29, 1.82) is 0 Å². The van der Waals surface area contributed by atoms with Gasteiger partial charge in [-0.05, 0) is 18.6 Å². The van der Waals surface area contributed by atoms with Crippen molar-refractivity contribution in [3.8, 4) is 0 Å². The molecule has 1 aromatic carbocycles. The van der Waals surface area contributed by atoms with Gasteiger partial charge in [0, 0.05) is 25.3 Å². The molecule has 0 unspecified atom stereocenters. The second-order valence-corrected chi connectivity index (χ2v) is 6.14. The number of halogens is 2. The van der Waals surface area contributed by atoms with Crippen LogP contribution in [-0.2, 0) is 21.3 Å². The summed E-state index contributed by atoms with van der Waals surface area (Å²) in [6, 6.07) is 1.77. The largest absolute Gasteiger partial charge is 0.380 e. The molecule has 0 saturated carbocycles. The fourth-order valence-electron chi connectivity index (χ4n) is 1.65. The molecule has 0 fully saturated rings. The number of sulfonamides is 1. The first kappa shape index (κ1) is 18.0. The first-order valence-electron chi connectivity index (χ1n) is 6.68. The van der Waals surface area contributed by atoms with Gasteiger partial charge in [0.15, 0.2) is 5.82 Å². The highest BCUT2D eigenvalue weighted by Gasteiger charge is 2.22. The van der Waals surface area contributed by atoms with Crippen molar-refractivity contribution < 1.29 is 21.9 Å². The van der Waals surface area contributed by atoms with E-state index in [1.54, 1.807) is 0 Å². The van der Waals surface area contributed by atoms with Crippen LogP contribution in [0.3, 0.4) is 0 Å². The highest BCUT2D eigenvalue weighted by Crippen LogP contribution is 2.20. The highest BCUT2D eigenvalue weighted by molar-refractivity contribution is 7.89. The Bertz CT molecular complexity index is 565. The van der Waals surface area contributed by atoms with Crippen LogP contribution < -0.4 is 10.5 Å². The van der Waals surface area contributed by atoms with E-state index >= 15 is 0 Å². The van der Waals surface area contributed by atoms with E-state index in [0.717, 1.165) is 25.0 Å². The second kappa shape index (κ2) is 8.38. The summed E-state index contributed by atoms with van der Waals surface area (Å²) in [5.74, 6) is -2.02. The van der Waals surface area contributed by atoms with Gasteiger partial charge >= 0.3 is 0 Å². The number of nitrogens with two attached hydrogens (primary N) is 1. The first-order valence-corrected chi connectivity index (χ1v) is 8.16. The summed E-state index contributed by atoms with van der Waals surface area (Å²) in [7, 11) is -4.06. The smallest absolute Gasteiger partial charge is 0.243 e. The number of hydrogen-bond donors (Lipinski definition) is 2. The number of rotatable bonds is 9. The Morgan fingerprint density at radius 1 is 1.29 bits per heavy atom. The summed E-state index contributed by atoms with van der Waals surface area (Å²) in [6.07, 6.45) is 1.87. The molecule has 0 amide bonds. The quantitative estimate of drug-likeness (QED) is 0.675. The van der Waals surface area contributed by atoms with E-state index in [1.165, 1.54) is 0 Å². The Morgan fingerprint density at radius 3 is 2.62 bits per heavy atom. The summed E-state index contributed by atoms with van der Waals surface area (Å²) in [5.41, 5.74) is 4.77. The van der Waals surface area contributed by atoms with Crippen molar-refractivity contribution >= 4 is 10.0 Å². The normalized spacial score (nSPS) is 11.8. The molecule has 0 aliphatic rings. The number of unbranched alkanes of at least 4 members (excludes halogenated alkanes) is 1. The van der Waals surface area contributed by atoms with Crippen LogP contribution in [-0.4, -0.2) is 28.2 Å². The maximum absolute atomic E-state index is 13.9. The average Bonchev–Trinajstić information content (AvgIpc) is 2.43. The summed E-state index contributed by atoms with van der Waals surface area (Å²) in [6.45, 7) is 2.34. The average molecular weight is 322 g/mol. The zero-order valence-electron chi connectivity index (χ0n) is 11.9.